The van der Waals surface area contributed by atoms with Gasteiger partial charge in [0, 0.05) is 6.54 Å². The van der Waals surface area contributed by atoms with Crippen molar-refractivity contribution in [2.24, 2.45) is 0 Å². The number of nitrogens with one attached hydrogen (secondary N) is 2. The minimum atomic E-state index is -0.0450. The van der Waals surface area contributed by atoms with Crippen LogP contribution in [0.2, 0.25) is 0 Å². The molecule has 116 valence electrons. The molecule has 0 radical (unpaired) electrons. The van der Waals surface area contributed by atoms with Gasteiger partial charge in [0.05, 0.1) is 13.2 Å². The van der Waals surface area contributed by atoms with E-state index in [1.165, 1.54) is 0 Å². The van der Waals surface area contributed by atoms with Crippen LogP contribution in [0.25, 0.3) is 0 Å². The summed E-state index contributed by atoms with van der Waals surface area (Å²) < 4.78 is 10.8. The molecule has 0 aromatic heterocycles. The molecule has 2 N–H and O–H groups in total. The van der Waals surface area contributed by atoms with E-state index in [0.29, 0.717) is 6.54 Å². The summed E-state index contributed by atoms with van der Waals surface area (Å²) in [6.45, 7) is 2.72. The molecule has 0 atom stereocenters. The van der Waals surface area contributed by atoms with Gasteiger partial charge in [-0.3, -0.25) is 4.79 Å². The summed E-state index contributed by atoms with van der Waals surface area (Å²) in [6.07, 6.45) is 2.97. The van der Waals surface area contributed by atoms with Crippen LogP contribution in [0, 0.1) is 0 Å². The molecule has 1 aromatic rings. The zero-order chi connectivity index (χ0) is 14.9. The lowest BCUT2D eigenvalue weighted by Gasteiger charge is -2.22. The van der Waals surface area contributed by atoms with E-state index in [1.807, 2.05) is 24.3 Å². The Morgan fingerprint density at radius 3 is 2.95 bits per heavy atom. The van der Waals surface area contributed by atoms with Crippen molar-refractivity contribution in [1.29, 1.82) is 0 Å². The third-order valence-corrected chi connectivity index (χ3v) is 3.61. The molecular formula is C16H24N2O3. The first-order valence-electron chi connectivity index (χ1n) is 7.50. The van der Waals surface area contributed by atoms with Crippen LogP contribution in [0.1, 0.15) is 18.4 Å². The van der Waals surface area contributed by atoms with Gasteiger partial charge in [-0.2, -0.15) is 0 Å². The fourth-order valence-corrected chi connectivity index (χ4v) is 2.38. The van der Waals surface area contributed by atoms with E-state index in [4.69, 9.17) is 9.47 Å². The van der Waals surface area contributed by atoms with Crippen molar-refractivity contribution < 1.29 is 14.3 Å². The third kappa shape index (κ3) is 5.73. The SMILES string of the molecule is COc1cccc(CCNC(=O)COC2CCNCC2)c1. The first-order valence-corrected chi connectivity index (χ1v) is 7.50. The molecule has 1 heterocycles. The zero-order valence-corrected chi connectivity index (χ0v) is 12.6. The minimum absolute atomic E-state index is 0.0450. The van der Waals surface area contributed by atoms with Gasteiger partial charge in [-0.05, 0) is 50.0 Å². The monoisotopic (exact) mass is 292 g/mol. The van der Waals surface area contributed by atoms with Crippen LogP contribution in [-0.4, -0.2) is 45.4 Å². The molecule has 5 heteroatoms. The summed E-state index contributed by atoms with van der Waals surface area (Å²) in [7, 11) is 1.65. The smallest absolute Gasteiger partial charge is 0.246 e. The first kappa shape index (κ1) is 15.8. The molecule has 5 nitrogen and oxygen atoms in total. The number of rotatable bonds is 7. The van der Waals surface area contributed by atoms with E-state index in [1.54, 1.807) is 7.11 Å². The first-order chi connectivity index (χ1) is 10.3. The Balaban J connectivity index is 1.62. The number of hydrogen-bond donors (Lipinski definition) is 2. The van der Waals surface area contributed by atoms with E-state index >= 15 is 0 Å². The fraction of sp³-hybridized carbons (Fsp3) is 0.562. The third-order valence-electron chi connectivity index (χ3n) is 3.61. The normalized spacial score (nSPS) is 15.7. The molecule has 1 aliphatic heterocycles. The highest BCUT2D eigenvalue weighted by molar-refractivity contribution is 5.77. The largest absolute Gasteiger partial charge is 0.497 e. The van der Waals surface area contributed by atoms with Gasteiger partial charge in [0.15, 0.2) is 0 Å². The molecule has 1 amide bonds. The van der Waals surface area contributed by atoms with Gasteiger partial charge >= 0.3 is 0 Å². The summed E-state index contributed by atoms with van der Waals surface area (Å²) >= 11 is 0. The van der Waals surface area contributed by atoms with Crippen molar-refractivity contribution >= 4 is 5.91 Å². The number of piperidine rings is 1. The summed E-state index contributed by atoms with van der Waals surface area (Å²) in [4.78, 5) is 11.7. The van der Waals surface area contributed by atoms with Gasteiger partial charge in [-0.15, -0.1) is 0 Å². The number of amides is 1. The fourth-order valence-electron chi connectivity index (χ4n) is 2.38. The molecular weight excluding hydrogens is 268 g/mol. The van der Waals surface area contributed by atoms with Crippen molar-refractivity contribution in [1.82, 2.24) is 10.6 Å². The van der Waals surface area contributed by atoms with Crippen molar-refractivity contribution in [3.63, 3.8) is 0 Å². The average molecular weight is 292 g/mol. The lowest BCUT2D eigenvalue weighted by atomic mass is 10.1. The highest BCUT2D eigenvalue weighted by atomic mass is 16.5. The topological polar surface area (TPSA) is 59.6 Å². The lowest BCUT2D eigenvalue weighted by Crippen LogP contribution is -2.36. The van der Waals surface area contributed by atoms with E-state index in [9.17, 15) is 4.79 Å². The molecule has 0 aliphatic carbocycles. The maximum Gasteiger partial charge on any atom is 0.246 e. The molecule has 0 unspecified atom stereocenters. The second kappa shape index (κ2) is 8.64. The summed E-state index contributed by atoms with van der Waals surface area (Å²) in [5.41, 5.74) is 1.15. The maximum atomic E-state index is 11.7. The van der Waals surface area contributed by atoms with Crippen LogP contribution in [0.3, 0.4) is 0 Å². The summed E-state index contributed by atoms with van der Waals surface area (Å²) in [6, 6.07) is 7.88. The summed E-state index contributed by atoms with van der Waals surface area (Å²) in [5.74, 6) is 0.796. The van der Waals surface area contributed by atoms with Gasteiger partial charge in [0.2, 0.25) is 5.91 Å². The van der Waals surface area contributed by atoms with Crippen LogP contribution >= 0.6 is 0 Å². The molecule has 0 spiro atoms. The molecule has 1 aromatic carbocycles. The Kier molecular flexibility index (Phi) is 6.50. The van der Waals surface area contributed by atoms with Gasteiger partial charge in [-0.1, -0.05) is 12.1 Å². The molecule has 1 saturated heterocycles. The zero-order valence-electron chi connectivity index (χ0n) is 12.6. The number of carbonyl (C=O) groups excluding carboxylic acids is 1. The van der Waals surface area contributed by atoms with Gasteiger partial charge in [0.25, 0.3) is 0 Å². The highest BCUT2D eigenvalue weighted by Gasteiger charge is 2.14. The average Bonchev–Trinajstić information content (AvgIpc) is 2.54. The number of benzene rings is 1. The summed E-state index contributed by atoms with van der Waals surface area (Å²) in [5, 5.41) is 6.16. The van der Waals surface area contributed by atoms with E-state index in [-0.39, 0.29) is 18.6 Å². The van der Waals surface area contributed by atoms with Gasteiger partial charge in [0.1, 0.15) is 12.4 Å². The Hall–Kier alpha value is -1.59. The number of methoxy groups -OCH3 is 1. The molecule has 2 rings (SSSR count). The molecule has 1 aliphatic rings. The molecule has 0 saturated carbocycles. The predicted molar refractivity (Wildman–Crippen MR) is 81.6 cm³/mol. The van der Waals surface area contributed by atoms with E-state index in [0.717, 1.165) is 43.7 Å². The maximum absolute atomic E-state index is 11.7. The van der Waals surface area contributed by atoms with Crippen LogP contribution in [-0.2, 0) is 16.0 Å². The number of carbonyl (C=O) groups is 1. The van der Waals surface area contributed by atoms with Crippen molar-refractivity contribution in [2.45, 2.75) is 25.4 Å². The van der Waals surface area contributed by atoms with Crippen LogP contribution < -0.4 is 15.4 Å². The Morgan fingerprint density at radius 2 is 2.19 bits per heavy atom. The van der Waals surface area contributed by atoms with Gasteiger partial charge in [-0.25, -0.2) is 0 Å². The molecule has 21 heavy (non-hydrogen) atoms. The Bertz CT molecular complexity index is 445. The van der Waals surface area contributed by atoms with Crippen LogP contribution in [0.5, 0.6) is 5.75 Å². The Labute approximate surface area is 126 Å². The van der Waals surface area contributed by atoms with Crippen molar-refractivity contribution in [3.8, 4) is 5.75 Å². The number of hydrogen-bond acceptors (Lipinski definition) is 4. The molecule has 1 fully saturated rings. The van der Waals surface area contributed by atoms with Crippen molar-refractivity contribution in [2.75, 3.05) is 33.4 Å². The van der Waals surface area contributed by atoms with Gasteiger partial charge < -0.3 is 20.1 Å². The standard InChI is InChI=1S/C16H24N2O3/c1-20-15-4-2-3-13(11-15)5-10-18-16(19)12-21-14-6-8-17-9-7-14/h2-4,11,14,17H,5-10,12H2,1H3,(H,18,19). The second-order valence-corrected chi connectivity index (χ2v) is 5.21. The van der Waals surface area contributed by atoms with Crippen LogP contribution in [0.4, 0.5) is 0 Å². The predicted octanol–water partition coefficient (Wildman–Crippen LogP) is 1.12. The van der Waals surface area contributed by atoms with Crippen molar-refractivity contribution in [3.05, 3.63) is 29.8 Å². The van der Waals surface area contributed by atoms with E-state index in [2.05, 4.69) is 10.6 Å². The minimum Gasteiger partial charge on any atom is -0.497 e. The lowest BCUT2D eigenvalue weighted by molar-refractivity contribution is -0.128. The molecule has 0 bridgehead atoms. The van der Waals surface area contributed by atoms with Crippen LogP contribution in [0.15, 0.2) is 24.3 Å². The number of ether oxygens (including phenoxy) is 2. The Morgan fingerprint density at radius 1 is 1.38 bits per heavy atom. The second-order valence-electron chi connectivity index (χ2n) is 5.21. The quantitative estimate of drug-likeness (QED) is 0.791. The highest BCUT2D eigenvalue weighted by Crippen LogP contribution is 2.12. The van der Waals surface area contributed by atoms with E-state index < -0.39 is 0 Å².